The predicted octanol–water partition coefficient (Wildman–Crippen LogP) is 1.71. The first-order chi connectivity index (χ1) is 8.11. The molecule has 0 bridgehead atoms. The second-order valence-electron chi connectivity index (χ2n) is 4.40. The monoisotopic (exact) mass is 242 g/mol. The topological polar surface area (TPSA) is 61.3 Å². The zero-order valence-corrected chi connectivity index (χ0v) is 9.46. The maximum absolute atomic E-state index is 13.1. The van der Waals surface area contributed by atoms with E-state index >= 15 is 0 Å². The van der Waals surface area contributed by atoms with E-state index in [4.69, 9.17) is 16.2 Å². The van der Waals surface area contributed by atoms with E-state index in [1.165, 1.54) is 0 Å². The van der Waals surface area contributed by atoms with Crippen molar-refractivity contribution in [3.8, 4) is 5.75 Å². The molecule has 0 saturated heterocycles. The largest absolute Gasteiger partial charge is 0.493 e. The van der Waals surface area contributed by atoms with Crippen LogP contribution in [-0.2, 0) is 0 Å². The predicted molar refractivity (Wildman–Crippen MR) is 60.6 cm³/mol. The van der Waals surface area contributed by atoms with Crippen molar-refractivity contribution in [2.75, 3.05) is 13.2 Å². The Kier molecular flexibility index (Phi) is 3.59. The molecule has 0 amide bonds. The molecule has 17 heavy (non-hydrogen) atoms. The molecule has 1 atom stereocenters. The van der Waals surface area contributed by atoms with Crippen LogP contribution in [-0.4, -0.2) is 13.2 Å². The molecule has 4 N–H and O–H groups in total. The molecular formula is C12H16F2N2O. The lowest BCUT2D eigenvalue weighted by molar-refractivity contribution is 0.292. The van der Waals surface area contributed by atoms with Crippen molar-refractivity contribution in [3.63, 3.8) is 0 Å². The number of hydrogen-bond donors (Lipinski definition) is 2. The first-order valence-electron chi connectivity index (χ1n) is 5.69. The molecule has 2 rings (SSSR count). The van der Waals surface area contributed by atoms with Gasteiger partial charge in [0.05, 0.1) is 6.61 Å². The van der Waals surface area contributed by atoms with Crippen LogP contribution in [0.15, 0.2) is 12.1 Å². The minimum absolute atomic E-state index is 0.158. The van der Waals surface area contributed by atoms with Gasteiger partial charge in [0.2, 0.25) is 0 Å². The summed E-state index contributed by atoms with van der Waals surface area (Å²) in [7, 11) is 0. The molecule has 1 aliphatic rings. The summed E-state index contributed by atoms with van der Waals surface area (Å²) in [6, 6.07) is 1.57. The lowest BCUT2D eigenvalue weighted by Gasteiger charge is -2.16. The minimum atomic E-state index is -0.928. The van der Waals surface area contributed by atoms with E-state index < -0.39 is 17.7 Å². The Hall–Kier alpha value is -1.20. The zero-order chi connectivity index (χ0) is 12.4. The van der Waals surface area contributed by atoms with Crippen LogP contribution in [0.1, 0.15) is 24.4 Å². The van der Waals surface area contributed by atoms with Gasteiger partial charge in [-0.2, -0.15) is 0 Å². The van der Waals surface area contributed by atoms with Crippen LogP contribution in [0, 0.1) is 17.6 Å². The summed E-state index contributed by atoms with van der Waals surface area (Å²) in [5.74, 6) is -1.02. The van der Waals surface area contributed by atoms with Gasteiger partial charge < -0.3 is 16.2 Å². The number of halogens is 2. The number of hydrogen-bond acceptors (Lipinski definition) is 3. The number of nitrogens with two attached hydrogens (primary N) is 2. The van der Waals surface area contributed by atoms with E-state index in [2.05, 4.69) is 0 Å². The number of ether oxygens (including phenoxy) is 1. The summed E-state index contributed by atoms with van der Waals surface area (Å²) in [4.78, 5) is 0. The lowest BCUT2D eigenvalue weighted by atomic mass is 10.1. The highest BCUT2D eigenvalue weighted by Crippen LogP contribution is 2.32. The molecule has 1 saturated carbocycles. The molecular weight excluding hydrogens is 226 g/mol. The first-order valence-corrected chi connectivity index (χ1v) is 5.69. The van der Waals surface area contributed by atoms with Gasteiger partial charge in [0.15, 0.2) is 11.6 Å². The minimum Gasteiger partial charge on any atom is -0.493 e. The van der Waals surface area contributed by atoms with Gasteiger partial charge in [0.25, 0.3) is 0 Å². The van der Waals surface area contributed by atoms with Crippen LogP contribution >= 0.6 is 0 Å². The van der Waals surface area contributed by atoms with Crippen LogP contribution < -0.4 is 16.2 Å². The van der Waals surface area contributed by atoms with E-state index in [-0.39, 0.29) is 6.54 Å². The van der Waals surface area contributed by atoms with Crippen molar-refractivity contribution >= 4 is 0 Å². The quantitative estimate of drug-likeness (QED) is 0.826. The molecule has 0 radical (unpaired) electrons. The van der Waals surface area contributed by atoms with Gasteiger partial charge in [-0.1, -0.05) is 0 Å². The third-order valence-corrected chi connectivity index (χ3v) is 2.88. The maximum atomic E-state index is 13.1. The fraction of sp³-hybridized carbons (Fsp3) is 0.500. The summed E-state index contributed by atoms with van der Waals surface area (Å²) in [6.07, 6.45) is 2.25. The van der Waals surface area contributed by atoms with Gasteiger partial charge in [-0.25, -0.2) is 8.78 Å². The smallest absolute Gasteiger partial charge is 0.162 e. The molecule has 0 spiro atoms. The average molecular weight is 242 g/mol. The van der Waals surface area contributed by atoms with Crippen LogP contribution in [0.3, 0.4) is 0 Å². The molecule has 5 heteroatoms. The van der Waals surface area contributed by atoms with Crippen LogP contribution in [0.4, 0.5) is 8.78 Å². The van der Waals surface area contributed by atoms with Gasteiger partial charge in [-0.05, 0) is 24.8 Å². The Morgan fingerprint density at radius 2 is 1.94 bits per heavy atom. The summed E-state index contributed by atoms with van der Waals surface area (Å²) in [6.45, 7) is 0.681. The Morgan fingerprint density at radius 1 is 1.29 bits per heavy atom. The third-order valence-electron chi connectivity index (χ3n) is 2.88. The molecule has 94 valence electrons. The molecule has 1 unspecified atom stereocenters. The highest BCUT2D eigenvalue weighted by atomic mass is 19.2. The molecule has 3 nitrogen and oxygen atoms in total. The molecule has 1 aromatic carbocycles. The number of benzene rings is 1. The van der Waals surface area contributed by atoms with Crippen molar-refractivity contribution in [3.05, 3.63) is 29.3 Å². The summed E-state index contributed by atoms with van der Waals surface area (Å²) in [5, 5.41) is 0. The van der Waals surface area contributed by atoms with Gasteiger partial charge >= 0.3 is 0 Å². The van der Waals surface area contributed by atoms with Crippen LogP contribution in [0.2, 0.25) is 0 Å². The standard InChI is InChI=1S/C12H16F2N2O/c13-9-3-8(11(16)5-15)12(4-10(9)14)17-6-7-1-2-7/h3-4,7,11H,1-2,5-6,15-16H2. The fourth-order valence-electron chi connectivity index (χ4n) is 1.58. The Bertz CT molecular complexity index is 408. The van der Waals surface area contributed by atoms with Gasteiger partial charge in [-0.3, -0.25) is 0 Å². The van der Waals surface area contributed by atoms with Crippen molar-refractivity contribution in [2.24, 2.45) is 17.4 Å². The first kappa shape index (κ1) is 12.3. The fourth-order valence-corrected chi connectivity index (χ4v) is 1.58. The highest BCUT2D eigenvalue weighted by Gasteiger charge is 2.23. The molecule has 0 aliphatic heterocycles. The van der Waals surface area contributed by atoms with E-state index in [9.17, 15) is 8.78 Å². The summed E-state index contributed by atoms with van der Waals surface area (Å²) >= 11 is 0. The van der Waals surface area contributed by atoms with Crippen molar-refractivity contribution < 1.29 is 13.5 Å². The third kappa shape index (κ3) is 2.92. The summed E-state index contributed by atoms with van der Waals surface area (Å²) in [5.41, 5.74) is 11.6. The van der Waals surface area contributed by atoms with E-state index in [1.54, 1.807) is 0 Å². The Labute approximate surface area is 98.7 Å². The summed E-state index contributed by atoms with van der Waals surface area (Å²) < 4.78 is 31.8. The normalized spacial score (nSPS) is 16.9. The van der Waals surface area contributed by atoms with E-state index in [0.29, 0.717) is 23.8 Å². The lowest BCUT2D eigenvalue weighted by Crippen LogP contribution is -2.22. The van der Waals surface area contributed by atoms with Gasteiger partial charge in [0.1, 0.15) is 5.75 Å². The second kappa shape index (κ2) is 4.98. The van der Waals surface area contributed by atoms with E-state index in [1.807, 2.05) is 0 Å². The molecule has 0 heterocycles. The second-order valence-corrected chi connectivity index (χ2v) is 4.40. The van der Waals surface area contributed by atoms with Crippen LogP contribution in [0.5, 0.6) is 5.75 Å². The Balaban J connectivity index is 2.22. The SMILES string of the molecule is NCC(N)c1cc(F)c(F)cc1OCC1CC1. The molecule has 1 fully saturated rings. The van der Waals surface area contributed by atoms with Crippen LogP contribution in [0.25, 0.3) is 0 Å². The van der Waals surface area contributed by atoms with Crippen molar-refractivity contribution in [1.82, 2.24) is 0 Å². The van der Waals surface area contributed by atoms with Gasteiger partial charge in [-0.15, -0.1) is 0 Å². The Morgan fingerprint density at radius 3 is 2.53 bits per heavy atom. The van der Waals surface area contributed by atoms with Crippen molar-refractivity contribution in [2.45, 2.75) is 18.9 Å². The molecule has 1 aliphatic carbocycles. The zero-order valence-electron chi connectivity index (χ0n) is 9.46. The average Bonchev–Trinajstić information content (AvgIpc) is 3.13. The van der Waals surface area contributed by atoms with E-state index in [0.717, 1.165) is 25.0 Å². The van der Waals surface area contributed by atoms with Gasteiger partial charge in [0, 0.05) is 24.2 Å². The number of rotatable bonds is 5. The van der Waals surface area contributed by atoms with Crippen molar-refractivity contribution in [1.29, 1.82) is 0 Å². The molecule has 1 aromatic rings. The molecule has 0 aromatic heterocycles. The highest BCUT2D eigenvalue weighted by molar-refractivity contribution is 5.37. The maximum Gasteiger partial charge on any atom is 0.162 e.